The van der Waals surface area contributed by atoms with Gasteiger partial charge in [0.05, 0.1) is 10.5 Å². The highest BCUT2D eigenvalue weighted by atomic mass is 32.2. The van der Waals surface area contributed by atoms with Crippen LogP contribution in [0.1, 0.15) is 42.3 Å². The molecule has 2 aromatic rings. The molecule has 0 unspecified atom stereocenters. The summed E-state index contributed by atoms with van der Waals surface area (Å²) in [7, 11) is -2.20. The van der Waals surface area contributed by atoms with Gasteiger partial charge in [-0.05, 0) is 35.7 Å². The van der Waals surface area contributed by atoms with Gasteiger partial charge in [-0.25, -0.2) is 12.8 Å². The van der Waals surface area contributed by atoms with Crippen LogP contribution >= 0.6 is 0 Å². The molecule has 0 fully saturated rings. The maximum atomic E-state index is 14.3. The van der Waals surface area contributed by atoms with Crippen LogP contribution < -0.4 is 0 Å². The van der Waals surface area contributed by atoms with Gasteiger partial charge in [0.2, 0.25) is 10.0 Å². The minimum absolute atomic E-state index is 0.0818. The van der Waals surface area contributed by atoms with Gasteiger partial charge >= 0.3 is 0 Å². The van der Waals surface area contributed by atoms with Gasteiger partial charge in [-0.15, -0.1) is 0 Å². The molecule has 0 aliphatic heterocycles. The second-order valence-corrected chi connectivity index (χ2v) is 8.50. The number of sulfonamides is 1. The van der Waals surface area contributed by atoms with Gasteiger partial charge in [-0.2, -0.15) is 4.31 Å². The Balaban J connectivity index is 2.29. The highest BCUT2D eigenvalue weighted by molar-refractivity contribution is 7.89. The lowest BCUT2D eigenvalue weighted by Crippen LogP contribution is -2.31. The topological polar surface area (TPSA) is 57.7 Å². The van der Waals surface area contributed by atoms with E-state index in [1.807, 2.05) is 24.3 Å². The first-order valence-electron chi connectivity index (χ1n) is 9.37. The second-order valence-electron chi connectivity index (χ2n) is 6.56. The summed E-state index contributed by atoms with van der Waals surface area (Å²) in [5.41, 5.74) is 1.86. The van der Waals surface area contributed by atoms with Crippen LogP contribution in [-0.2, 0) is 23.0 Å². The average molecular weight is 407 g/mol. The molecule has 0 saturated heterocycles. The Morgan fingerprint density at radius 1 is 0.964 bits per heavy atom. The summed E-state index contributed by atoms with van der Waals surface area (Å²) in [4.78, 5) is 14.1. The Morgan fingerprint density at radius 3 is 2.07 bits per heavy atom. The lowest BCUT2D eigenvalue weighted by atomic mass is 10.1. The number of hydrogen-bond acceptors (Lipinski definition) is 3. The summed E-state index contributed by atoms with van der Waals surface area (Å²) in [6.45, 7) is 6.42. The summed E-state index contributed by atoms with van der Waals surface area (Å²) in [6.07, 6.45) is 0.925. The van der Waals surface area contributed by atoms with Crippen LogP contribution in [0.3, 0.4) is 0 Å². The van der Waals surface area contributed by atoms with E-state index in [9.17, 15) is 17.6 Å². The fourth-order valence-corrected chi connectivity index (χ4v) is 4.46. The van der Waals surface area contributed by atoms with E-state index >= 15 is 0 Å². The number of rotatable bonds is 8. The number of halogens is 1. The lowest BCUT2D eigenvalue weighted by Gasteiger charge is -2.21. The van der Waals surface area contributed by atoms with Crippen molar-refractivity contribution in [3.05, 3.63) is 65.0 Å². The van der Waals surface area contributed by atoms with Crippen LogP contribution in [0.25, 0.3) is 0 Å². The third-order valence-corrected chi connectivity index (χ3v) is 6.75. The predicted octanol–water partition coefficient (Wildman–Crippen LogP) is 3.69. The molecule has 0 aliphatic carbocycles. The molecule has 0 aliphatic rings. The van der Waals surface area contributed by atoms with Gasteiger partial charge in [0.15, 0.2) is 0 Å². The molecule has 0 N–H and O–H groups in total. The molecule has 0 radical (unpaired) electrons. The van der Waals surface area contributed by atoms with Crippen LogP contribution in [0.5, 0.6) is 0 Å². The van der Waals surface area contributed by atoms with Crippen LogP contribution in [0, 0.1) is 5.82 Å². The van der Waals surface area contributed by atoms with E-state index in [1.54, 1.807) is 20.9 Å². The minimum atomic E-state index is -3.77. The summed E-state index contributed by atoms with van der Waals surface area (Å²) >= 11 is 0. The number of amides is 1. The first kappa shape index (κ1) is 22.0. The van der Waals surface area contributed by atoms with Crippen LogP contribution in [0.15, 0.2) is 47.4 Å². The molecular formula is C21H27FN2O3S. The molecule has 5 nitrogen and oxygen atoms in total. The Morgan fingerprint density at radius 2 is 1.54 bits per heavy atom. The van der Waals surface area contributed by atoms with Crippen molar-refractivity contribution in [1.29, 1.82) is 0 Å². The van der Waals surface area contributed by atoms with E-state index < -0.39 is 21.7 Å². The standard InChI is InChI=1S/C21H27FN2O3S/c1-5-16-8-10-17(11-9-16)15-23(4)21(25)19-14-18(12-13-20(19)22)28(26,27)24(6-2)7-3/h8-14H,5-7,15H2,1-4H3. The predicted molar refractivity (Wildman–Crippen MR) is 108 cm³/mol. The van der Waals surface area contributed by atoms with Gasteiger partial charge in [0.1, 0.15) is 5.82 Å². The third-order valence-electron chi connectivity index (χ3n) is 4.71. The molecule has 152 valence electrons. The number of nitrogens with zero attached hydrogens (tertiary/aromatic N) is 2. The summed E-state index contributed by atoms with van der Waals surface area (Å²) in [6, 6.07) is 11.2. The Hall–Kier alpha value is -2.25. The molecule has 28 heavy (non-hydrogen) atoms. The SMILES string of the molecule is CCc1ccc(CN(C)C(=O)c2cc(S(=O)(=O)N(CC)CC)ccc2F)cc1. The molecule has 0 aromatic heterocycles. The first-order valence-corrected chi connectivity index (χ1v) is 10.8. The second kappa shape index (κ2) is 9.30. The molecule has 0 spiro atoms. The Kier molecular flexibility index (Phi) is 7.32. The summed E-state index contributed by atoms with van der Waals surface area (Å²) < 4.78 is 40.9. The van der Waals surface area contributed by atoms with Crippen LogP contribution in [0.2, 0.25) is 0 Å². The molecule has 1 amide bonds. The van der Waals surface area contributed by atoms with Crippen molar-refractivity contribution in [3.8, 4) is 0 Å². The first-order chi connectivity index (χ1) is 13.2. The fourth-order valence-electron chi connectivity index (χ4n) is 2.97. The van der Waals surface area contributed by atoms with Crippen molar-refractivity contribution in [1.82, 2.24) is 9.21 Å². The van der Waals surface area contributed by atoms with E-state index in [0.29, 0.717) is 19.6 Å². The normalized spacial score (nSPS) is 11.6. The maximum Gasteiger partial charge on any atom is 0.256 e. The number of hydrogen-bond donors (Lipinski definition) is 0. The van der Waals surface area contributed by atoms with Crippen LogP contribution in [-0.4, -0.2) is 43.7 Å². The summed E-state index contributed by atoms with van der Waals surface area (Å²) in [5, 5.41) is 0. The van der Waals surface area contributed by atoms with E-state index in [4.69, 9.17) is 0 Å². The third kappa shape index (κ3) is 4.77. The van der Waals surface area contributed by atoms with Gasteiger partial charge in [0.25, 0.3) is 5.91 Å². The number of aryl methyl sites for hydroxylation is 1. The Bertz CT molecular complexity index is 923. The number of benzene rings is 2. The molecular weight excluding hydrogens is 379 g/mol. The fraction of sp³-hybridized carbons (Fsp3) is 0.381. The zero-order valence-electron chi connectivity index (χ0n) is 16.8. The number of carbonyl (C=O) groups is 1. The highest BCUT2D eigenvalue weighted by Gasteiger charge is 2.25. The zero-order valence-corrected chi connectivity index (χ0v) is 17.6. The molecule has 2 rings (SSSR count). The van der Waals surface area contributed by atoms with Gasteiger partial charge in [0, 0.05) is 26.7 Å². The van der Waals surface area contributed by atoms with Gasteiger partial charge < -0.3 is 4.90 Å². The van der Waals surface area contributed by atoms with E-state index in [1.165, 1.54) is 20.8 Å². The monoisotopic (exact) mass is 406 g/mol. The minimum Gasteiger partial charge on any atom is -0.337 e. The highest BCUT2D eigenvalue weighted by Crippen LogP contribution is 2.21. The van der Waals surface area contributed by atoms with Gasteiger partial charge in [-0.1, -0.05) is 45.0 Å². The quantitative estimate of drug-likeness (QED) is 0.672. The maximum absolute atomic E-state index is 14.3. The lowest BCUT2D eigenvalue weighted by molar-refractivity contribution is 0.0780. The van der Waals surface area contributed by atoms with Crippen LogP contribution in [0.4, 0.5) is 4.39 Å². The van der Waals surface area contributed by atoms with Gasteiger partial charge in [-0.3, -0.25) is 4.79 Å². The van der Waals surface area contributed by atoms with Crippen molar-refractivity contribution >= 4 is 15.9 Å². The number of carbonyl (C=O) groups excluding carboxylic acids is 1. The van der Waals surface area contributed by atoms with Crippen molar-refractivity contribution < 1.29 is 17.6 Å². The summed E-state index contributed by atoms with van der Waals surface area (Å²) in [5.74, 6) is -1.30. The van der Waals surface area contributed by atoms with Crippen molar-refractivity contribution in [2.75, 3.05) is 20.1 Å². The van der Waals surface area contributed by atoms with E-state index in [0.717, 1.165) is 24.1 Å². The molecule has 7 heteroatoms. The molecule has 2 aromatic carbocycles. The van der Waals surface area contributed by atoms with Crippen molar-refractivity contribution in [2.24, 2.45) is 0 Å². The van der Waals surface area contributed by atoms with E-state index in [-0.39, 0.29) is 10.5 Å². The molecule has 0 heterocycles. The zero-order chi connectivity index (χ0) is 20.9. The average Bonchev–Trinajstić information content (AvgIpc) is 2.69. The molecule has 0 saturated carbocycles. The smallest absolute Gasteiger partial charge is 0.256 e. The van der Waals surface area contributed by atoms with Crippen molar-refractivity contribution in [3.63, 3.8) is 0 Å². The van der Waals surface area contributed by atoms with E-state index in [2.05, 4.69) is 6.92 Å². The Labute approximate surface area is 166 Å². The molecule has 0 atom stereocenters. The van der Waals surface area contributed by atoms with Crippen molar-refractivity contribution in [2.45, 2.75) is 38.6 Å². The largest absolute Gasteiger partial charge is 0.337 e. The molecule has 0 bridgehead atoms.